The number of rotatable bonds is 3. The van der Waals surface area contributed by atoms with E-state index < -0.39 is 21.8 Å². The normalized spacial score (nSPS) is 28.6. The van der Waals surface area contributed by atoms with E-state index in [1.807, 2.05) is 0 Å². The van der Waals surface area contributed by atoms with Gasteiger partial charge in [0.05, 0.1) is 23.1 Å². The van der Waals surface area contributed by atoms with Crippen molar-refractivity contribution in [3.05, 3.63) is 23.4 Å². The van der Waals surface area contributed by atoms with Crippen molar-refractivity contribution in [1.82, 2.24) is 9.71 Å². The maximum Gasteiger partial charge on any atom is 0.281 e. The number of nitrogens with one attached hydrogen (secondary N) is 1. The third-order valence-corrected chi connectivity index (χ3v) is 5.14. The van der Waals surface area contributed by atoms with Crippen LogP contribution in [-0.4, -0.2) is 31.5 Å². The number of fused-ring (bicyclic) bond motifs is 2. The van der Waals surface area contributed by atoms with Crippen LogP contribution in [0.3, 0.4) is 0 Å². The topological polar surface area (TPSA) is 85.4 Å². The van der Waals surface area contributed by atoms with Gasteiger partial charge < -0.3 is 4.74 Å². The molecule has 0 spiro atoms. The molecule has 1 amide bonds. The van der Waals surface area contributed by atoms with Gasteiger partial charge in [0.25, 0.3) is 10.0 Å². The van der Waals surface area contributed by atoms with E-state index in [4.69, 9.17) is 16.3 Å². The summed E-state index contributed by atoms with van der Waals surface area (Å²) in [7, 11) is -3.96. The highest BCUT2D eigenvalue weighted by Gasteiger charge is 2.45. The van der Waals surface area contributed by atoms with Crippen LogP contribution in [0.1, 0.15) is 19.3 Å². The molecule has 1 aromatic heterocycles. The molecule has 8 heteroatoms. The van der Waals surface area contributed by atoms with E-state index in [-0.39, 0.29) is 17.2 Å². The molecular weight excluding hydrogens is 304 g/mol. The van der Waals surface area contributed by atoms with Gasteiger partial charge in [0, 0.05) is 6.20 Å². The van der Waals surface area contributed by atoms with Crippen LogP contribution >= 0.6 is 11.6 Å². The lowest BCUT2D eigenvalue weighted by atomic mass is 9.89. The van der Waals surface area contributed by atoms with Crippen LogP contribution in [0.2, 0.25) is 5.02 Å². The second kappa shape index (κ2) is 4.98. The van der Waals surface area contributed by atoms with Crippen LogP contribution in [0, 0.1) is 5.92 Å². The Morgan fingerprint density at radius 3 is 2.75 bits per heavy atom. The second-order valence-corrected chi connectivity index (χ2v) is 7.07. The van der Waals surface area contributed by atoms with Gasteiger partial charge in [0.2, 0.25) is 5.91 Å². The van der Waals surface area contributed by atoms with Gasteiger partial charge >= 0.3 is 0 Å². The fourth-order valence-electron chi connectivity index (χ4n) is 2.70. The standard InChI is InChI=1S/C12H13ClN2O4S/c13-7-1-4-11(14-6-7)20(17,18)15-12(16)9-5-8-2-3-10(9)19-8/h1,4,6,8-10H,2-3,5H2,(H,15,16)/t8-,9-,10-/m1/s1. The van der Waals surface area contributed by atoms with Crippen molar-refractivity contribution in [2.75, 3.05) is 0 Å². The monoisotopic (exact) mass is 316 g/mol. The predicted molar refractivity (Wildman–Crippen MR) is 70.6 cm³/mol. The average Bonchev–Trinajstić information content (AvgIpc) is 3.01. The molecule has 0 aliphatic carbocycles. The van der Waals surface area contributed by atoms with E-state index >= 15 is 0 Å². The Hall–Kier alpha value is -1.18. The van der Waals surface area contributed by atoms with Gasteiger partial charge in [0.15, 0.2) is 5.03 Å². The van der Waals surface area contributed by atoms with Crippen molar-refractivity contribution in [2.24, 2.45) is 5.92 Å². The first-order chi connectivity index (χ1) is 9.45. The highest BCUT2D eigenvalue weighted by Crippen LogP contribution is 2.38. The maximum atomic E-state index is 12.1. The van der Waals surface area contributed by atoms with E-state index in [1.54, 1.807) is 0 Å². The molecule has 0 aromatic carbocycles. The van der Waals surface area contributed by atoms with Crippen LogP contribution in [0.5, 0.6) is 0 Å². The number of pyridine rings is 1. The molecule has 2 aliphatic rings. The Morgan fingerprint density at radius 2 is 2.20 bits per heavy atom. The van der Waals surface area contributed by atoms with Crippen LogP contribution in [0.4, 0.5) is 0 Å². The second-order valence-electron chi connectivity index (χ2n) is 5.00. The van der Waals surface area contributed by atoms with E-state index in [0.29, 0.717) is 11.4 Å². The van der Waals surface area contributed by atoms with Crippen LogP contribution in [0.15, 0.2) is 23.4 Å². The number of nitrogens with zero attached hydrogens (tertiary/aromatic N) is 1. The largest absolute Gasteiger partial charge is 0.374 e. The SMILES string of the molecule is O=C(NS(=O)(=O)c1ccc(Cl)cn1)[C@@H]1C[C@H]2CC[C@H]1O2. The fraction of sp³-hybridized carbons (Fsp3) is 0.500. The third kappa shape index (κ3) is 2.53. The Kier molecular flexibility index (Phi) is 3.43. The molecule has 6 nitrogen and oxygen atoms in total. The molecule has 0 unspecified atom stereocenters. The third-order valence-electron chi connectivity index (χ3n) is 3.65. The molecule has 2 aliphatic heterocycles. The molecule has 2 saturated heterocycles. The van der Waals surface area contributed by atoms with Gasteiger partial charge in [-0.25, -0.2) is 9.71 Å². The number of aromatic nitrogens is 1. The van der Waals surface area contributed by atoms with E-state index in [2.05, 4.69) is 9.71 Å². The first-order valence-electron chi connectivity index (χ1n) is 6.29. The first kappa shape index (κ1) is 13.8. The smallest absolute Gasteiger partial charge is 0.281 e. The highest BCUT2D eigenvalue weighted by atomic mass is 35.5. The zero-order chi connectivity index (χ0) is 14.3. The number of carbonyl (C=O) groups excluding carboxylic acids is 1. The predicted octanol–water partition coefficient (Wildman–Crippen LogP) is 1.11. The van der Waals surface area contributed by atoms with E-state index in [0.717, 1.165) is 12.8 Å². The minimum Gasteiger partial charge on any atom is -0.374 e. The fourth-order valence-corrected chi connectivity index (χ4v) is 3.77. The number of hydrogen-bond acceptors (Lipinski definition) is 5. The van der Waals surface area contributed by atoms with Gasteiger partial charge in [-0.1, -0.05) is 11.6 Å². The number of amides is 1. The van der Waals surface area contributed by atoms with Gasteiger partial charge in [-0.3, -0.25) is 4.79 Å². The lowest BCUT2D eigenvalue weighted by molar-refractivity contribution is -0.124. The summed E-state index contributed by atoms with van der Waals surface area (Å²) in [6.07, 6.45) is 3.49. The average molecular weight is 317 g/mol. The quantitative estimate of drug-likeness (QED) is 0.902. The van der Waals surface area contributed by atoms with Crippen molar-refractivity contribution in [3.63, 3.8) is 0 Å². The molecule has 108 valence electrons. The Labute approximate surface area is 121 Å². The molecular formula is C12H13ClN2O4S. The molecule has 0 radical (unpaired) electrons. The lowest BCUT2D eigenvalue weighted by Gasteiger charge is -2.17. The zero-order valence-corrected chi connectivity index (χ0v) is 12.0. The molecule has 0 saturated carbocycles. The summed E-state index contributed by atoms with van der Waals surface area (Å²) in [4.78, 5) is 15.8. The summed E-state index contributed by atoms with van der Waals surface area (Å²) >= 11 is 5.65. The minimum absolute atomic E-state index is 0.0899. The first-order valence-corrected chi connectivity index (χ1v) is 8.15. The van der Waals surface area contributed by atoms with Gasteiger partial charge in [-0.15, -0.1) is 0 Å². The summed E-state index contributed by atoms with van der Waals surface area (Å²) < 4.78 is 31.7. The van der Waals surface area contributed by atoms with Crippen LogP contribution in [-0.2, 0) is 19.6 Å². The Morgan fingerprint density at radius 1 is 1.40 bits per heavy atom. The van der Waals surface area contributed by atoms with Crippen LogP contribution in [0.25, 0.3) is 0 Å². The Balaban J connectivity index is 1.73. The van der Waals surface area contributed by atoms with Crippen molar-refractivity contribution >= 4 is 27.5 Å². The number of carbonyl (C=O) groups is 1. The molecule has 3 heterocycles. The number of ether oxygens (including phenoxy) is 1. The molecule has 2 bridgehead atoms. The summed E-state index contributed by atoms with van der Waals surface area (Å²) in [5.74, 6) is -0.912. The summed E-state index contributed by atoms with van der Waals surface area (Å²) in [6, 6.07) is 2.67. The molecule has 20 heavy (non-hydrogen) atoms. The molecule has 1 N–H and O–H groups in total. The van der Waals surface area contributed by atoms with Crippen LogP contribution < -0.4 is 4.72 Å². The molecule has 1 aromatic rings. The number of sulfonamides is 1. The van der Waals surface area contributed by atoms with Crippen molar-refractivity contribution in [3.8, 4) is 0 Å². The van der Waals surface area contributed by atoms with Crippen molar-refractivity contribution < 1.29 is 17.9 Å². The highest BCUT2D eigenvalue weighted by molar-refractivity contribution is 7.90. The molecule has 2 fully saturated rings. The lowest BCUT2D eigenvalue weighted by Crippen LogP contribution is -2.39. The summed E-state index contributed by atoms with van der Waals surface area (Å²) in [6.45, 7) is 0. The van der Waals surface area contributed by atoms with Gasteiger partial charge in [-0.2, -0.15) is 8.42 Å². The number of hydrogen-bond donors (Lipinski definition) is 1. The van der Waals surface area contributed by atoms with Gasteiger partial charge in [0.1, 0.15) is 0 Å². The van der Waals surface area contributed by atoms with Crippen molar-refractivity contribution in [1.29, 1.82) is 0 Å². The molecule has 3 rings (SSSR count). The summed E-state index contributed by atoms with van der Waals surface area (Å²) in [5.41, 5.74) is 0. The maximum absolute atomic E-state index is 12.1. The van der Waals surface area contributed by atoms with E-state index in [1.165, 1.54) is 18.3 Å². The zero-order valence-electron chi connectivity index (χ0n) is 10.5. The molecule has 3 atom stereocenters. The minimum atomic E-state index is -3.96. The number of halogens is 1. The Bertz CT molecular complexity index is 631. The van der Waals surface area contributed by atoms with Gasteiger partial charge in [-0.05, 0) is 31.4 Å². The van der Waals surface area contributed by atoms with E-state index in [9.17, 15) is 13.2 Å². The summed E-state index contributed by atoms with van der Waals surface area (Å²) in [5, 5.41) is 0.108. The van der Waals surface area contributed by atoms with Crippen molar-refractivity contribution in [2.45, 2.75) is 36.5 Å².